The lowest BCUT2D eigenvalue weighted by molar-refractivity contribution is 0.599. The lowest BCUT2D eigenvalue weighted by Gasteiger charge is -2.15. The Bertz CT molecular complexity index is 1470. The van der Waals surface area contributed by atoms with Gasteiger partial charge in [0, 0.05) is 17.4 Å². The second-order valence-corrected chi connectivity index (χ2v) is 9.96. The van der Waals surface area contributed by atoms with Crippen molar-refractivity contribution in [1.29, 1.82) is 0 Å². The molecule has 1 heterocycles. The van der Waals surface area contributed by atoms with Crippen LogP contribution in [0.2, 0.25) is 10.0 Å². The molecule has 0 spiro atoms. The van der Waals surface area contributed by atoms with E-state index < -0.39 is 21.5 Å². The molecule has 0 aliphatic heterocycles. The standard InChI is InChI=1S/C23H16Cl2F2N2O2S/c1-13-6-3-4-7-15(13)22-28-23(32(2,30)31)21(14-10-11-18(26)17(25)12-14)29(22)19-9-5-8-16(24)20(19)27/h3-12H,1-2H3. The molecule has 0 amide bonds. The van der Waals surface area contributed by atoms with Crippen molar-refractivity contribution in [3.05, 3.63) is 87.9 Å². The maximum absolute atomic E-state index is 15.2. The van der Waals surface area contributed by atoms with E-state index in [2.05, 4.69) is 4.98 Å². The van der Waals surface area contributed by atoms with Crippen LogP contribution < -0.4 is 0 Å². The molecule has 0 fully saturated rings. The maximum Gasteiger partial charge on any atom is 0.194 e. The van der Waals surface area contributed by atoms with Crippen molar-refractivity contribution in [3.63, 3.8) is 0 Å². The second-order valence-electron chi connectivity index (χ2n) is 7.21. The molecule has 9 heteroatoms. The molecule has 3 aromatic carbocycles. The van der Waals surface area contributed by atoms with Gasteiger partial charge >= 0.3 is 0 Å². The quantitative estimate of drug-likeness (QED) is 0.326. The maximum atomic E-state index is 15.2. The number of hydrogen-bond donors (Lipinski definition) is 0. The van der Waals surface area contributed by atoms with Gasteiger partial charge in [-0.2, -0.15) is 0 Å². The van der Waals surface area contributed by atoms with Crippen molar-refractivity contribution >= 4 is 33.0 Å². The topological polar surface area (TPSA) is 52.0 Å². The highest BCUT2D eigenvalue weighted by atomic mass is 35.5. The normalized spacial score (nSPS) is 11.7. The fourth-order valence-corrected chi connectivity index (χ4v) is 4.62. The minimum atomic E-state index is -3.88. The van der Waals surface area contributed by atoms with E-state index in [9.17, 15) is 12.8 Å². The van der Waals surface area contributed by atoms with Crippen molar-refractivity contribution in [2.24, 2.45) is 0 Å². The van der Waals surface area contributed by atoms with Crippen LogP contribution in [0.1, 0.15) is 5.56 Å². The first-order chi connectivity index (χ1) is 15.1. The number of rotatable bonds is 4. The SMILES string of the molecule is Cc1ccccc1-c1nc(S(C)(=O)=O)c(-c2ccc(F)c(Cl)c2)n1-c1cccc(Cl)c1F. The van der Waals surface area contributed by atoms with Gasteiger partial charge in [-0.3, -0.25) is 4.57 Å². The van der Waals surface area contributed by atoms with Crippen LogP contribution in [0.3, 0.4) is 0 Å². The highest BCUT2D eigenvalue weighted by molar-refractivity contribution is 7.90. The molecule has 0 aliphatic rings. The first-order valence-electron chi connectivity index (χ1n) is 9.38. The van der Waals surface area contributed by atoms with E-state index in [1.807, 2.05) is 19.1 Å². The zero-order chi connectivity index (χ0) is 23.2. The molecule has 0 radical (unpaired) electrons. The van der Waals surface area contributed by atoms with Crippen LogP contribution >= 0.6 is 23.2 Å². The average Bonchev–Trinajstić information content (AvgIpc) is 3.13. The summed E-state index contributed by atoms with van der Waals surface area (Å²) < 4.78 is 55.9. The first-order valence-corrected chi connectivity index (χ1v) is 12.0. The van der Waals surface area contributed by atoms with Crippen molar-refractivity contribution in [3.8, 4) is 28.3 Å². The van der Waals surface area contributed by atoms with Crippen LogP contribution in [-0.2, 0) is 9.84 Å². The van der Waals surface area contributed by atoms with Crippen LogP contribution in [0, 0.1) is 18.6 Å². The van der Waals surface area contributed by atoms with Crippen LogP contribution in [0.15, 0.2) is 65.7 Å². The molecule has 0 N–H and O–H groups in total. The highest BCUT2D eigenvalue weighted by Crippen LogP contribution is 2.39. The average molecular weight is 493 g/mol. The molecule has 0 bridgehead atoms. The number of aromatic nitrogens is 2. The van der Waals surface area contributed by atoms with E-state index in [0.29, 0.717) is 5.56 Å². The molecule has 4 aromatic rings. The summed E-state index contributed by atoms with van der Waals surface area (Å²) in [5, 5.41) is -0.646. The number of imidazole rings is 1. The molecule has 4 nitrogen and oxygen atoms in total. The summed E-state index contributed by atoms with van der Waals surface area (Å²) in [5.74, 6) is -1.23. The van der Waals surface area contributed by atoms with Crippen molar-refractivity contribution in [1.82, 2.24) is 9.55 Å². The van der Waals surface area contributed by atoms with Crippen molar-refractivity contribution in [2.45, 2.75) is 11.9 Å². The Morgan fingerprint density at radius 2 is 1.66 bits per heavy atom. The molecule has 164 valence electrons. The minimum absolute atomic E-state index is 0.00593. The molecule has 0 unspecified atom stereocenters. The summed E-state index contributed by atoms with van der Waals surface area (Å²) >= 11 is 12.0. The third-order valence-corrected chi connectivity index (χ3v) is 6.52. The van der Waals surface area contributed by atoms with Gasteiger partial charge in [-0.15, -0.1) is 0 Å². The van der Waals surface area contributed by atoms with Crippen molar-refractivity contribution < 1.29 is 17.2 Å². The number of nitrogens with zero attached hydrogens (tertiary/aromatic N) is 2. The Morgan fingerprint density at radius 3 is 2.31 bits per heavy atom. The Kier molecular flexibility index (Phi) is 5.83. The molecular weight excluding hydrogens is 477 g/mol. The Morgan fingerprint density at radius 1 is 0.938 bits per heavy atom. The number of sulfone groups is 1. The summed E-state index contributed by atoms with van der Waals surface area (Å²) in [6.45, 7) is 1.83. The zero-order valence-corrected chi connectivity index (χ0v) is 19.2. The fourth-order valence-electron chi connectivity index (χ4n) is 3.46. The molecule has 0 atom stereocenters. The minimum Gasteiger partial charge on any atom is -0.288 e. The van der Waals surface area contributed by atoms with Gasteiger partial charge in [0.15, 0.2) is 20.7 Å². The number of benzene rings is 3. The summed E-state index contributed by atoms with van der Waals surface area (Å²) in [5.41, 5.74) is 1.69. The Balaban J connectivity index is 2.22. The van der Waals surface area contributed by atoms with Crippen molar-refractivity contribution in [2.75, 3.05) is 6.26 Å². The first kappa shape index (κ1) is 22.5. The molecule has 4 rings (SSSR count). The predicted octanol–water partition coefficient (Wildman–Crippen LogP) is 6.50. The van der Waals surface area contributed by atoms with Gasteiger partial charge < -0.3 is 0 Å². The van der Waals surface area contributed by atoms with Gasteiger partial charge in [0.2, 0.25) is 0 Å². The smallest absolute Gasteiger partial charge is 0.194 e. The number of halogens is 4. The van der Waals surface area contributed by atoms with E-state index >= 15 is 4.39 Å². The van der Waals surface area contributed by atoms with Crippen LogP contribution in [-0.4, -0.2) is 24.2 Å². The molecule has 0 saturated carbocycles. The van der Waals surface area contributed by atoms with Crippen LogP contribution in [0.25, 0.3) is 28.3 Å². The highest BCUT2D eigenvalue weighted by Gasteiger charge is 2.29. The summed E-state index contributed by atoms with van der Waals surface area (Å²) in [6, 6.07) is 15.3. The van der Waals surface area contributed by atoms with E-state index in [1.54, 1.807) is 18.2 Å². The Labute approximate surface area is 194 Å². The van der Waals surface area contributed by atoms with E-state index in [-0.39, 0.29) is 37.8 Å². The van der Waals surface area contributed by atoms with E-state index in [1.165, 1.54) is 28.8 Å². The van der Waals surface area contributed by atoms with Gasteiger partial charge in [-0.25, -0.2) is 22.2 Å². The largest absolute Gasteiger partial charge is 0.288 e. The second kappa shape index (κ2) is 8.31. The number of aryl methyl sites for hydroxylation is 1. The lowest BCUT2D eigenvalue weighted by Crippen LogP contribution is -2.05. The van der Waals surface area contributed by atoms with Crippen LogP contribution in [0.5, 0.6) is 0 Å². The third-order valence-electron chi connectivity index (χ3n) is 4.95. The molecule has 1 aromatic heterocycles. The molecule has 0 aliphatic carbocycles. The Hall–Kier alpha value is -2.74. The zero-order valence-electron chi connectivity index (χ0n) is 16.9. The third kappa shape index (κ3) is 3.92. The predicted molar refractivity (Wildman–Crippen MR) is 122 cm³/mol. The summed E-state index contributed by atoms with van der Waals surface area (Å²) in [7, 11) is -3.88. The van der Waals surface area contributed by atoms with Gasteiger partial charge in [0.05, 0.1) is 21.4 Å². The molecule has 0 saturated heterocycles. The monoisotopic (exact) mass is 492 g/mol. The van der Waals surface area contributed by atoms with Gasteiger partial charge in [-0.1, -0.05) is 53.5 Å². The van der Waals surface area contributed by atoms with Gasteiger partial charge in [-0.05, 0) is 42.8 Å². The van der Waals surface area contributed by atoms with E-state index in [4.69, 9.17) is 23.2 Å². The van der Waals surface area contributed by atoms with E-state index in [0.717, 1.165) is 17.9 Å². The fraction of sp³-hybridized carbons (Fsp3) is 0.0870. The van der Waals surface area contributed by atoms with Crippen LogP contribution in [0.4, 0.5) is 8.78 Å². The lowest BCUT2D eigenvalue weighted by atomic mass is 10.1. The molecular formula is C23H16Cl2F2N2O2S. The summed E-state index contributed by atoms with van der Waals surface area (Å²) in [4.78, 5) is 4.42. The summed E-state index contributed by atoms with van der Waals surface area (Å²) in [6.07, 6.45) is 1.00. The van der Waals surface area contributed by atoms with Gasteiger partial charge in [0.25, 0.3) is 0 Å². The molecule has 32 heavy (non-hydrogen) atoms. The van der Waals surface area contributed by atoms with Gasteiger partial charge in [0.1, 0.15) is 11.6 Å². The number of hydrogen-bond acceptors (Lipinski definition) is 3.